The van der Waals surface area contributed by atoms with Crippen LogP contribution in [0.25, 0.3) is 11.1 Å². The second-order valence-electron chi connectivity index (χ2n) is 6.90. The van der Waals surface area contributed by atoms with E-state index in [1.807, 2.05) is 18.2 Å². The van der Waals surface area contributed by atoms with Crippen LogP contribution in [0, 0.1) is 0 Å². The van der Waals surface area contributed by atoms with Gasteiger partial charge in [-0.05, 0) is 46.4 Å². The average Bonchev–Trinajstić information content (AvgIpc) is 2.55. The van der Waals surface area contributed by atoms with Crippen LogP contribution in [0.2, 0.25) is 0 Å². The van der Waals surface area contributed by atoms with Crippen molar-refractivity contribution in [1.82, 2.24) is 0 Å². The topological polar surface area (TPSA) is 12.0 Å². The Morgan fingerprint density at radius 1 is 0.609 bits per heavy atom. The van der Waals surface area contributed by atoms with Crippen molar-refractivity contribution < 1.29 is 0 Å². The summed E-state index contributed by atoms with van der Waals surface area (Å²) in [6, 6.07) is 27.7. The van der Waals surface area contributed by atoms with Crippen molar-refractivity contribution in [1.29, 1.82) is 0 Å². The van der Waals surface area contributed by atoms with E-state index in [1.165, 1.54) is 16.7 Å². The highest BCUT2D eigenvalue weighted by molar-refractivity contribution is 5.71. The normalized spacial score (nSPS) is 11.3. The molecule has 1 nitrogen and oxygen atoms in total. The van der Waals surface area contributed by atoms with Crippen LogP contribution in [-0.4, -0.2) is 0 Å². The fourth-order valence-corrected chi connectivity index (χ4v) is 2.63. The molecule has 0 aliphatic carbocycles. The molecule has 3 rings (SSSR count). The molecule has 1 N–H and O–H groups in total. The Morgan fingerprint density at radius 3 is 1.91 bits per heavy atom. The Balaban J connectivity index is 1.91. The molecule has 0 unspecified atom stereocenters. The Hall–Kier alpha value is -2.54. The maximum absolute atomic E-state index is 3.46. The number of anilines is 2. The molecule has 23 heavy (non-hydrogen) atoms. The van der Waals surface area contributed by atoms with Gasteiger partial charge in [0.1, 0.15) is 0 Å². The lowest BCUT2D eigenvalue weighted by Gasteiger charge is -2.20. The Labute approximate surface area is 139 Å². The highest BCUT2D eigenvalue weighted by atomic mass is 14.9. The number of para-hydroxylation sites is 1. The zero-order valence-electron chi connectivity index (χ0n) is 14.0. The molecule has 116 valence electrons. The lowest BCUT2D eigenvalue weighted by atomic mass is 9.85. The van der Waals surface area contributed by atoms with Gasteiger partial charge in [-0.3, -0.25) is 0 Å². The summed E-state index contributed by atoms with van der Waals surface area (Å²) in [6.07, 6.45) is 0. The van der Waals surface area contributed by atoms with Crippen molar-refractivity contribution in [3.05, 3.63) is 84.4 Å². The van der Waals surface area contributed by atoms with Crippen molar-refractivity contribution in [2.45, 2.75) is 26.2 Å². The molecule has 0 bridgehead atoms. The molecular weight excluding hydrogens is 278 g/mol. The minimum absolute atomic E-state index is 0.163. The summed E-state index contributed by atoms with van der Waals surface area (Å²) in [5.74, 6) is 0. The minimum Gasteiger partial charge on any atom is -0.356 e. The van der Waals surface area contributed by atoms with E-state index >= 15 is 0 Å². The molecule has 0 fully saturated rings. The molecule has 1 heteroatoms. The number of benzene rings is 3. The first kappa shape index (κ1) is 15.4. The van der Waals surface area contributed by atoms with Crippen LogP contribution < -0.4 is 5.32 Å². The molecule has 0 aliphatic rings. The van der Waals surface area contributed by atoms with E-state index in [0.717, 1.165) is 11.4 Å². The zero-order chi connectivity index (χ0) is 16.3. The summed E-state index contributed by atoms with van der Waals surface area (Å²) in [5, 5.41) is 3.46. The highest BCUT2D eigenvalue weighted by Crippen LogP contribution is 2.29. The molecule has 0 aliphatic heterocycles. The van der Waals surface area contributed by atoms with E-state index in [9.17, 15) is 0 Å². The summed E-state index contributed by atoms with van der Waals surface area (Å²) < 4.78 is 0. The molecular formula is C22H23N. The first-order valence-electron chi connectivity index (χ1n) is 8.05. The van der Waals surface area contributed by atoms with Crippen LogP contribution in [0.5, 0.6) is 0 Å². The number of nitrogens with one attached hydrogen (secondary N) is 1. The lowest BCUT2D eigenvalue weighted by Crippen LogP contribution is -2.10. The molecule has 0 amide bonds. The monoisotopic (exact) mass is 301 g/mol. The Bertz CT molecular complexity index is 782. The predicted octanol–water partition coefficient (Wildman–Crippen LogP) is 6.39. The van der Waals surface area contributed by atoms with Gasteiger partial charge in [-0.1, -0.05) is 75.4 Å². The molecule has 3 aromatic carbocycles. The van der Waals surface area contributed by atoms with Crippen LogP contribution in [0.1, 0.15) is 26.3 Å². The van der Waals surface area contributed by atoms with E-state index < -0.39 is 0 Å². The first-order chi connectivity index (χ1) is 11.0. The van der Waals surface area contributed by atoms with E-state index in [0.29, 0.717) is 0 Å². The van der Waals surface area contributed by atoms with Gasteiger partial charge in [0.2, 0.25) is 0 Å². The van der Waals surface area contributed by atoms with E-state index in [-0.39, 0.29) is 5.41 Å². The summed E-state index contributed by atoms with van der Waals surface area (Å²) in [5.41, 5.74) is 6.22. The smallest absolute Gasteiger partial charge is 0.0390 e. The van der Waals surface area contributed by atoms with Gasteiger partial charge in [0.15, 0.2) is 0 Å². The van der Waals surface area contributed by atoms with Gasteiger partial charge < -0.3 is 5.32 Å². The highest BCUT2D eigenvalue weighted by Gasteiger charge is 2.14. The predicted molar refractivity (Wildman–Crippen MR) is 100 cm³/mol. The number of hydrogen-bond donors (Lipinski definition) is 1. The summed E-state index contributed by atoms with van der Waals surface area (Å²) in [4.78, 5) is 0. The van der Waals surface area contributed by atoms with Gasteiger partial charge >= 0.3 is 0 Å². The molecule has 0 saturated carbocycles. The molecule has 0 aromatic heterocycles. The summed E-state index contributed by atoms with van der Waals surface area (Å²) >= 11 is 0. The van der Waals surface area contributed by atoms with Gasteiger partial charge in [0.25, 0.3) is 0 Å². The summed E-state index contributed by atoms with van der Waals surface area (Å²) in [6.45, 7) is 6.75. The maximum Gasteiger partial charge on any atom is 0.0390 e. The minimum atomic E-state index is 0.163. The largest absolute Gasteiger partial charge is 0.356 e. The zero-order valence-corrected chi connectivity index (χ0v) is 14.0. The third-order valence-corrected chi connectivity index (χ3v) is 3.99. The van der Waals surface area contributed by atoms with Crippen LogP contribution in [0.15, 0.2) is 78.9 Å². The van der Waals surface area contributed by atoms with Crippen LogP contribution in [-0.2, 0) is 5.41 Å². The van der Waals surface area contributed by atoms with Crippen molar-refractivity contribution in [2.75, 3.05) is 5.32 Å². The maximum atomic E-state index is 3.46. The second kappa shape index (κ2) is 6.29. The first-order valence-corrected chi connectivity index (χ1v) is 8.05. The quantitative estimate of drug-likeness (QED) is 0.590. The SMILES string of the molecule is CC(C)(C)c1cccc(-c2cccc(Nc3ccccc3)c2)c1. The lowest BCUT2D eigenvalue weighted by molar-refractivity contribution is 0.590. The van der Waals surface area contributed by atoms with Crippen molar-refractivity contribution >= 4 is 11.4 Å². The van der Waals surface area contributed by atoms with Gasteiger partial charge in [0, 0.05) is 11.4 Å². The number of hydrogen-bond acceptors (Lipinski definition) is 1. The van der Waals surface area contributed by atoms with E-state index in [2.05, 4.69) is 86.8 Å². The van der Waals surface area contributed by atoms with Crippen LogP contribution >= 0.6 is 0 Å². The Morgan fingerprint density at radius 2 is 1.22 bits per heavy atom. The van der Waals surface area contributed by atoms with E-state index in [1.54, 1.807) is 0 Å². The molecule has 0 spiro atoms. The van der Waals surface area contributed by atoms with Crippen molar-refractivity contribution in [2.24, 2.45) is 0 Å². The molecule has 3 aromatic rings. The van der Waals surface area contributed by atoms with Gasteiger partial charge in [0.05, 0.1) is 0 Å². The van der Waals surface area contributed by atoms with Gasteiger partial charge in [-0.2, -0.15) is 0 Å². The Kier molecular flexibility index (Phi) is 4.20. The fraction of sp³-hybridized carbons (Fsp3) is 0.182. The fourth-order valence-electron chi connectivity index (χ4n) is 2.63. The van der Waals surface area contributed by atoms with E-state index in [4.69, 9.17) is 0 Å². The van der Waals surface area contributed by atoms with Crippen LogP contribution in [0.4, 0.5) is 11.4 Å². The van der Waals surface area contributed by atoms with Crippen molar-refractivity contribution in [3.8, 4) is 11.1 Å². The molecule has 0 radical (unpaired) electrons. The van der Waals surface area contributed by atoms with Gasteiger partial charge in [-0.15, -0.1) is 0 Å². The molecule has 0 heterocycles. The molecule has 0 saturated heterocycles. The average molecular weight is 301 g/mol. The van der Waals surface area contributed by atoms with Crippen molar-refractivity contribution in [3.63, 3.8) is 0 Å². The second-order valence-corrected chi connectivity index (χ2v) is 6.90. The number of rotatable bonds is 3. The van der Waals surface area contributed by atoms with Gasteiger partial charge in [-0.25, -0.2) is 0 Å². The third kappa shape index (κ3) is 3.81. The molecule has 0 atom stereocenters. The van der Waals surface area contributed by atoms with Crippen LogP contribution in [0.3, 0.4) is 0 Å². The summed E-state index contributed by atoms with van der Waals surface area (Å²) in [7, 11) is 0. The third-order valence-electron chi connectivity index (χ3n) is 3.99. The standard InChI is InChI=1S/C22H23N/c1-22(2,3)19-11-7-9-17(15-19)18-10-8-14-21(16-18)23-20-12-5-4-6-13-20/h4-16,23H,1-3H3.